The maximum Gasteiger partial charge on any atom is 0.0730 e. The lowest BCUT2D eigenvalue weighted by Gasteiger charge is -2.13. The first-order valence-corrected chi connectivity index (χ1v) is 17.8. The summed E-state index contributed by atoms with van der Waals surface area (Å²) >= 11 is 1.85. The number of aromatic nitrogens is 2. The number of pyridine rings is 1. The highest BCUT2D eigenvalue weighted by molar-refractivity contribution is 7.26. The molecule has 3 heteroatoms. The van der Waals surface area contributed by atoms with Crippen molar-refractivity contribution in [1.82, 2.24) is 9.55 Å². The van der Waals surface area contributed by atoms with Crippen LogP contribution in [0.4, 0.5) is 0 Å². The summed E-state index contributed by atoms with van der Waals surface area (Å²) in [6, 6.07) is 65.4. The lowest BCUT2D eigenvalue weighted by Crippen LogP contribution is -1.94. The first-order valence-electron chi connectivity index (χ1n) is 17.0. The van der Waals surface area contributed by atoms with Gasteiger partial charge in [-0.15, -0.1) is 11.3 Å². The molecule has 0 bridgehead atoms. The van der Waals surface area contributed by atoms with Crippen molar-refractivity contribution in [1.29, 1.82) is 0 Å². The molecule has 234 valence electrons. The van der Waals surface area contributed by atoms with Crippen LogP contribution in [0.5, 0.6) is 0 Å². The van der Waals surface area contributed by atoms with Gasteiger partial charge in [-0.25, -0.2) is 4.98 Å². The number of fused-ring (bicyclic) bond motifs is 6. The van der Waals surface area contributed by atoms with Crippen molar-refractivity contribution < 1.29 is 0 Å². The minimum atomic E-state index is 0.962. The molecule has 0 fully saturated rings. The molecule has 0 unspecified atom stereocenters. The van der Waals surface area contributed by atoms with E-state index >= 15 is 0 Å². The van der Waals surface area contributed by atoms with E-state index in [0.717, 1.165) is 39.3 Å². The van der Waals surface area contributed by atoms with Gasteiger partial charge in [0.25, 0.3) is 0 Å². The largest absolute Gasteiger partial charge is 0.309 e. The second-order valence-corrected chi connectivity index (χ2v) is 13.8. The number of rotatable bonds is 5. The maximum atomic E-state index is 5.52. The zero-order valence-electron chi connectivity index (χ0n) is 27.1. The Morgan fingerprint density at radius 3 is 1.76 bits per heavy atom. The zero-order chi connectivity index (χ0) is 33.0. The van der Waals surface area contributed by atoms with Crippen LogP contribution in [-0.2, 0) is 0 Å². The molecule has 7 aromatic carbocycles. The minimum Gasteiger partial charge on any atom is -0.309 e. The number of hydrogen-bond donors (Lipinski definition) is 0. The molecule has 0 atom stereocenters. The van der Waals surface area contributed by atoms with Crippen molar-refractivity contribution in [3.8, 4) is 50.5 Å². The predicted molar refractivity (Wildman–Crippen MR) is 213 cm³/mol. The van der Waals surface area contributed by atoms with E-state index in [-0.39, 0.29) is 0 Å². The first-order chi connectivity index (χ1) is 24.8. The Bertz CT molecular complexity index is 2850. The molecule has 10 rings (SSSR count). The predicted octanol–water partition coefficient (Wildman–Crippen LogP) is 13.2. The van der Waals surface area contributed by atoms with E-state index < -0.39 is 0 Å². The van der Waals surface area contributed by atoms with Crippen LogP contribution >= 0.6 is 11.3 Å². The van der Waals surface area contributed by atoms with Gasteiger partial charge in [-0.3, -0.25) is 0 Å². The van der Waals surface area contributed by atoms with E-state index in [2.05, 4.69) is 187 Å². The summed E-state index contributed by atoms with van der Waals surface area (Å²) in [6.07, 6.45) is 0. The highest BCUT2D eigenvalue weighted by Crippen LogP contribution is 2.43. The van der Waals surface area contributed by atoms with Crippen LogP contribution < -0.4 is 0 Å². The molecule has 10 aromatic rings. The Balaban J connectivity index is 1.23. The fourth-order valence-corrected chi connectivity index (χ4v) is 8.72. The molecule has 50 heavy (non-hydrogen) atoms. The van der Waals surface area contributed by atoms with E-state index in [1.807, 2.05) is 11.3 Å². The summed E-state index contributed by atoms with van der Waals surface area (Å²) in [5, 5.41) is 4.99. The summed E-state index contributed by atoms with van der Waals surface area (Å²) in [7, 11) is 0. The van der Waals surface area contributed by atoms with E-state index in [0.29, 0.717) is 0 Å². The monoisotopic (exact) mass is 654 g/mol. The zero-order valence-corrected chi connectivity index (χ0v) is 27.9. The third-order valence-corrected chi connectivity index (χ3v) is 11.0. The summed E-state index contributed by atoms with van der Waals surface area (Å²) in [6.45, 7) is 0. The van der Waals surface area contributed by atoms with Crippen molar-refractivity contribution in [3.63, 3.8) is 0 Å². The molecule has 0 aliphatic carbocycles. The van der Waals surface area contributed by atoms with Crippen LogP contribution in [0.15, 0.2) is 182 Å². The average molecular weight is 655 g/mol. The lowest BCUT2D eigenvalue weighted by molar-refractivity contribution is 1.18. The summed E-state index contributed by atoms with van der Waals surface area (Å²) in [5.41, 5.74) is 12.5. The molecule has 0 amide bonds. The molecule has 2 nitrogen and oxygen atoms in total. The fourth-order valence-electron chi connectivity index (χ4n) is 7.50. The standard InChI is InChI=1S/C47H30N2S/c1-3-13-31(14-4-1)32-25-27-33(28-26-32)34-29-41(48-42(30-34)39-21-11-19-37-36-17-8-10-24-45(36)50-47(37)39)38-20-12-23-44-46(38)40-18-7-9-22-43(40)49(44)35-15-5-2-6-16-35/h1-30H. The van der Waals surface area contributed by atoms with Gasteiger partial charge < -0.3 is 4.57 Å². The minimum absolute atomic E-state index is 0.962. The van der Waals surface area contributed by atoms with Gasteiger partial charge in [0.05, 0.1) is 22.4 Å². The summed E-state index contributed by atoms with van der Waals surface area (Å²) < 4.78 is 4.93. The highest BCUT2D eigenvalue weighted by Gasteiger charge is 2.19. The van der Waals surface area contributed by atoms with Crippen LogP contribution in [0.3, 0.4) is 0 Å². The Morgan fingerprint density at radius 1 is 0.400 bits per heavy atom. The van der Waals surface area contributed by atoms with Crippen molar-refractivity contribution in [2.45, 2.75) is 0 Å². The van der Waals surface area contributed by atoms with E-state index in [4.69, 9.17) is 4.98 Å². The van der Waals surface area contributed by atoms with Crippen LogP contribution in [0.2, 0.25) is 0 Å². The van der Waals surface area contributed by atoms with Gasteiger partial charge in [0.15, 0.2) is 0 Å². The van der Waals surface area contributed by atoms with Crippen LogP contribution in [0.1, 0.15) is 0 Å². The molecule has 3 aromatic heterocycles. The average Bonchev–Trinajstić information content (AvgIpc) is 3.75. The van der Waals surface area contributed by atoms with Crippen LogP contribution in [-0.4, -0.2) is 9.55 Å². The molecule has 3 heterocycles. The van der Waals surface area contributed by atoms with Gasteiger partial charge in [-0.1, -0.05) is 140 Å². The van der Waals surface area contributed by atoms with Crippen molar-refractivity contribution >= 4 is 53.3 Å². The van der Waals surface area contributed by atoms with Gasteiger partial charge in [-0.2, -0.15) is 0 Å². The molecule has 0 spiro atoms. The Labute approximate surface area is 294 Å². The third kappa shape index (κ3) is 4.67. The molecule has 0 aliphatic rings. The first kappa shape index (κ1) is 28.7. The molecule has 0 radical (unpaired) electrons. The smallest absolute Gasteiger partial charge is 0.0730 e. The second kappa shape index (κ2) is 11.7. The van der Waals surface area contributed by atoms with E-state index in [1.165, 1.54) is 53.1 Å². The second-order valence-electron chi connectivity index (χ2n) is 12.7. The normalized spacial score (nSPS) is 11.6. The van der Waals surface area contributed by atoms with Crippen molar-refractivity contribution in [3.05, 3.63) is 182 Å². The van der Waals surface area contributed by atoms with E-state index in [1.54, 1.807) is 0 Å². The number of benzene rings is 7. The Kier molecular flexibility index (Phi) is 6.71. The molecule has 0 aliphatic heterocycles. The molecular formula is C47H30N2S. The van der Waals surface area contributed by atoms with Gasteiger partial charge in [0, 0.05) is 47.8 Å². The summed E-state index contributed by atoms with van der Waals surface area (Å²) in [5.74, 6) is 0. The lowest BCUT2D eigenvalue weighted by atomic mass is 9.96. The molecular weight excluding hydrogens is 625 g/mol. The Morgan fingerprint density at radius 2 is 0.960 bits per heavy atom. The summed E-state index contributed by atoms with van der Waals surface area (Å²) in [4.78, 5) is 5.52. The van der Waals surface area contributed by atoms with Crippen LogP contribution in [0.25, 0.3) is 92.4 Å². The van der Waals surface area contributed by atoms with Crippen molar-refractivity contribution in [2.75, 3.05) is 0 Å². The molecule has 0 saturated heterocycles. The number of thiophene rings is 1. The quantitative estimate of drug-likeness (QED) is 0.181. The van der Waals surface area contributed by atoms with Crippen LogP contribution in [0, 0.1) is 0 Å². The van der Waals surface area contributed by atoms with Gasteiger partial charge in [0.2, 0.25) is 0 Å². The molecule has 0 saturated carbocycles. The topological polar surface area (TPSA) is 17.8 Å². The van der Waals surface area contributed by atoms with Gasteiger partial charge in [0.1, 0.15) is 0 Å². The number of hydrogen-bond acceptors (Lipinski definition) is 2. The van der Waals surface area contributed by atoms with Crippen molar-refractivity contribution in [2.24, 2.45) is 0 Å². The third-order valence-electron chi connectivity index (χ3n) is 9.82. The van der Waals surface area contributed by atoms with E-state index in [9.17, 15) is 0 Å². The molecule has 0 N–H and O–H groups in total. The maximum absolute atomic E-state index is 5.52. The number of nitrogens with zero attached hydrogens (tertiary/aromatic N) is 2. The van der Waals surface area contributed by atoms with Gasteiger partial charge >= 0.3 is 0 Å². The SMILES string of the molecule is c1ccc(-c2ccc(-c3cc(-c4cccc5c4sc4ccccc45)nc(-c4cccc5c4c4ccccc4n5-c4ccccc4)c3)cc2)cc1. The number of para-hydroxylation sites is 2. The van der Waals surface area contributed by atoms with Gasteiger partial charge in [-0.05, 0) is 64.7 Å². The highest BCUT2D eigenvalue weighted by atomic mass is 32.1. The Hall–Kier alpha value is -6.29. The fraction of sp³-hybridized carbons (Fsp3) is 0.